The first-order valence-corrected chi connectivity index (χ1v) is 6.79. The van der Waals surface area contributed by atoms with Crippen molar-refractivity contribution in [1.82, 2.24) is 14.8 Å². The lowest BCUT2D eigenvalue weighted by molar-refractivity contribution is 0.447. The van der Waals surface area contributed by atoms with Gasteiger partial charge in [-0.2, -0.15) is 5.10 Å². The molecule has 2 heterocycles. The predicted molar refractivity (Wildman–Crippen MR) is 73.6 cm³/mol. The molecule has 0 bridgehead atoms. The van der Waals surface area contributed by atoms with E-state index in [-0.39, 0.29) is 6.04 Å². The van der Waals surface area contributed by atoms with Gasteiger partial charge in [-0.1, -0.05) is 13.8 Å². The van der Waals surface area contributed by atoms with Gasteiger partial charge in [0.1, 0.15) is 17.9 Å². The summed E-state index contributed by atoms with van der Waals surface area (Å²) >= 11 is 0. The summed E-state index contributed by atoms with van der Waals surface area (Å²) in [6.45, 7) is 5.23. The Bertz CT molecular complexity index is 475. The summed E-state index contributed by atoms with van der Waals surface area (Å²) in [4.78, 5) is 4.30. The van der Waals surface area contributed by atoms with Gasteiger partial charge in [0.05, 0.1) is 6.26 Å². The van der Waals surface area contributed by atoms with Crippen LogP contribution in [-0.2, 0) is 19.4 Å². The molecular weight excluding hydrogens is 240 g/mol. The van der Waals surface area contributed by atoms with E-state index in [0.717, 1.165) is 37.4 Å². The minimum Gasteiger partial charge on any atom is -0.469 e. The van der Waals surface area contributed by atoms with Crippen molar-refractivity contribution in [3.05, 3.63) is 36.3 Å². The number of hydrogen-bond acceptors (Lipinski definition) is 4. The Morgan fingerprint density at radius 3 is 2.95 bits per heavy atom. The van der Waals surface area contributed by atoms with Gasteiger partial charge < -0.3 is 10.2 Å². The van der Waals surface area contributed by atoms with E-state index < -0.39 is 0 Å². The molecule has 5 heteroatoms. The highest BCUT2D eigenvalue weighted by Gasteiger charge is 2.11. The third-order valence-electron chi connectivity index (χ3n) is 3.02. The molecule has 0 saturated carbocycles. The number of nitrogens with two attached hydrogens (primary N) is 1. The smallest absolute Gasteiger partial charge is 0.138 e. The molecule has 2 aromatic rings. The van der Waals surface area contributed by atoms with Gasteiger partial charge in [0.15, 0.2) is 0 Å². The largest absolute Gasteiger partial charge is 0.469 e. The van der Waals surface area contributed by atoms with Crippen LogP contribution in [0.25, 0.3) is 0 Å². The van der Waals surface area contributed by atoms with Crippen LogP contribution in [0.5, 0.6) is 0 Å². The maximum atomic E-state index is 6.16. The fraction of sp³-hybridized carbons (Fsp3) is 0.571. The Morgan fingerprint density at radius 2 is 2.26 bits per heavy atom. The fourth-order valence-electron chi connectivity index (χ4n) is 2.06. The van der Waals surface area contributed by atoms with Crippen LogP contribution in [0.2, 0.25) is 0 Å². The Hall–Kier alpha value is -1.62. The van der Waals surface area contributed by atoms with E-state index in [2.05, 4.69) is 23.9 Å². The SMILES string of the molecule is CC(C)Cn1ncnc1CC(N)CCc1ccco1. The lowest BCUT2D eigenvalue weighted by atomic mass is 10.1. The highest BCUT2D eigenvalue weighted by molar-refractivity contribution is 4.99. The molecule has 19 heavy (non-hydrogen) atoms. The van der Waals surface area contributed by atoms with Crippen LogP contribution in [0, 0.1) is 5.92 Å². The standard InChI is InChI=1S/C14H22N4O/c1-11(2)9-18-14(16-10-17-18)8-12(15)5-6-13-4-3-7-19-13/h3-4,7,10-12H,5-6,8-9,15H2,1-2H3. The van der Waals surface area contributed by atoms with Crippen molar-refractivity contribution in [3.8, 4) is 0 Å². The summed E-state index contributed by atoms with van der Waals surface area (Å²) in [6.07, 6.45) is 5.82. The average molecular weight is 262 g/mol. The molecule has 1 unspecified atom stereocenters. The molecular formula is C14H22N4O. The molecule has 0 aliphatic carbocycles. The lowest BCUT2D eigenvalue weighted by Gasteiger charge is -2.12. The maximum absolute atomic E-state index is 6.16. The van der Waals surface area contributed by atoms with E-state index in [1.54, 1.807) is 12.6 Å². The number of rotatable bonds is 7. The molecule has 0 amide bonds. The van der Waals surface area contributed by atoms with Crippen LogP contribution in [0.15, 0.2) is 29.1 Å². The summed E-state index contributed by atoms with van der Waals surface area (Å²) < 4.78 is 7.26. The third-order valence-corrected chi connectivity index (χ3v) is 3.02. The molecule has 5 nitrogen and oxygen atoms in total. The Morgan fingerprint density at radius 1 is 1.42 bits per heavy atom. The van der Waals surface area contributed by atoms with Crippen LogP contribution in [0.3, 0.4) is 0 Å². The minimum atomic E-state index is 0.0835. The highest BCUT2D eigenvalue weighted by Crippen LogP contribution is 2.09. The van der Waals surface area contributed by atoms with Gasteiger partial charge in [0, 0.05) is 25.4 Å². The summed E-state index contributed by atoms with van der Waals surface area (Å²) in [6, 6.07) is 3.97. The summed E-state index contributed by atoms with van der Waals surface area (Å²) in [7, 11) is 0. The quantitative estimate of drug-likeness (QED) is 0.829. The molecule has 0 radical (unpaired) electrons. The first kappa shape index (κ1) is 13.8. The molecule has 0 fully saturated rings. The van der Waals surface area contributed by atoms with Crippen LogP contribution in [-0.4, -0.2) is 20.8 Å². The molecule has 0 spiro atoms. The Labute approximate surface area is 113 Å². The molecule has 0 aliphatic heterocycles. The van der Waals surface area contributed by atoms with E-state index >= 15 is 0 Å². The molecule has 2 aromatic heterocycles. The number of furan rings is 1. The van der Waals surface area contributed by atoms with Crippen molar-refractivity contribution in [2.24, 2.45) is 11.7 Å². The zero-order valence-electron chi connectivity index (χ0n) is 11.6. The van der Waals surface area contributed by atoms with Crippen molar-refractivity contribution in [3.63, 3.8) is 0 Å². The summed E-state index contributed by atoms with van der Waals surface area (Å²) in [5.41, 5.74) is 6.16. The zero-order chi connectivity index (χ0) is 13.7. The van der Waals surface area contributed by atoms with Gasteiger partial charge >= 0.3 is 0 Å². The second kappa shape index (κ2) is 6.52. The van der Waals surface area contributed by atoms with E-state index in [0.29, 0.717) is 5.92 Å². The van der Waals surface area contributed by atoms with Crippen molar-refractivity contribution in [2.45, 2.75) is 45.7 Å². The normalized spacial score (nSPS) is 13.1. The Kier molecular flexibility index (Phi) is 4.74. The minimum absolute atomic E-state index is 0.0835. The first-order chi connectivity index (χ1) is 9.15. The summed E-state index contributed by atoms with van der Waals surface area (Å²) in [5, 5.41) is 4.25. The second-order valence-corrected chi connectivity index (χ2v) is 5.33. The molecule has 0 saturated heterocycles. The molecule has 104 valence electrons. The van der Waals surface area contributed by atoms with Gasteiger partial charge in [-0.25, -0.2) is 9.67 Å². The number of aromatic nitrogens is 3. The topological polar surface area (TPSA) is 69.9 Å². The van der Waals surface area contributed by atoms with Crippen molar-refractivity contribution >= 4 is 0 Å². The van der Waals surface area contributed by atoms with Gasteiger partial charge in [0.2, 0.25) is 0 Å². The van der Waals surface area contributed by atoms with Gasteiger partial charge in [0.25, 0.3) is 0 Å². The predicted octanol–water partition coefficient (Wildman–Crippen LogP) is 2.03. The van der Waals surface area contributed by atoms with E-state index in [1.807, 2.05) is 16.8 Å². The van der Waals surface area contributed by atoms with Crippen LogP contribution >= 0.6 is 0 Å². The van der Waals surface area contributed by atoms with Gasteiger partial charge in [-0.05, 0) is 24.5 Å². The maximum Gasteiger partial charge on any atom is 0.138 e. The van der Waals surface area contributed by atoms with E-state index in [9.17, 15) is 0 Å². The van der Waals surface area contributed by atoms with Crippen LogP contribution in [0.1, 0.15) is 31.9 Å². The molecule has 0 aliphatic rings. The average Bonchev–Trinajstić information content (AvgIpc) is 2.98. The molecule has 0 aromatic carbocycles. The van der Waals surface area contributed by atoms with Crippen molar-refractivity contribution in [2.75, 3.05) is 0 Å². The number of nitrogens with zero attached hydrogens (tertiary/aromatic N) is 3. The number of aryl methyl sites for hydroxylation is 1. The zero-order valence-corrected chi connectivity index (χ0v) is 11.6. The molecule has 1 atom stereocenters. The summed E-state index contributed by atoms with van der Waals surface area (Å²) in [5.74, 6) is 2.51. The van der Waals surface area contributed by atoms with Crippen LogP contribution < -0.4 is 5.73 Å². The van der Waals surface area contributed by atoms with Crippen molar-refractivity contribution < 1.29 is 4.42 Å². The van der Waals surface area contributed by atoms with E-state index in [1.165, 1.54) is 0 Å². The third kappa shape index (κ3) is 4.21. The number of hydrogen-bond donors (Lipinski definition) is 1. The Balaban J connectivity index is 1.84. The van der Waals surface area contributed by atoms with Gasteiger partial charge in [-0.3, -0.25) is 0 Å². The monoisotopic (exact) mass is 262 g/mol. The van der Waals surface area contributed by atoms with Crippen molar-refractivity contribution in [1.29, 1.82) is 0 Å². The van der Waals surface area contributed by atoms with Gasteiger partial charge in [-0.15, -0.1) is 0 Å². The first-order valence-electron chi connectivity index (χ1n) is 6.79. The molecule has 2 rings (SSSR count). The molecule has 2 N–H and O–H groups in total. The van der Waals surface area contributed by atoms with E-state index in [4.69, 9.17) is 10.2 Å². The fourth-order valence-corrected chi connectivity index (χ4v) is 2.06. The second-order valence-electron chi connectivity index (χ2n) is 5.33. The lowest BCUT2D eigenvalue weighted by Crippen LogP contribution is -2.26. The highest BCUT2D eigenvalue weighted by atomic mass is 16.3. The van der Waals surface area contributed by atoms with Crippen LogP contribution in [0.4, 0.5) is 0 Å².